The molecule has 304 valence electrons. The summed E-state index contributed by atoms with van der Waals surface area (Å²) in [7, 11) is 1.55. The third-order valence-electron chi connectivity index (χ3n) is 13.2. The molecule has 1 saturated heterocycles. The number of anilines is 1. The van der Waals surface area contributed by atoms with Crippen LogP contribution in [0.2, 0.25) is 16.6 Å². The standard InChI is InChI=1S/C46H59F2N5O3Si/c1-28(2)57(29(3)4,30(5)6)18-15-36-40(47)13-12-32-20-35(56-27-54-9)21-43(44(32)36)53-17-14-37-42(25-53)50-46(55-26-34-11-10-16-52(34)8)51-45(37)38-22-39-33(19-31(38)7)23-49-24-41(39)48/h12-13,20-21,23-24,28-31,34,38H,10-11,14,16-17,19,22,25-27H2,1-9H3/t31?,34-,38?/m0/s1. The SMILES string of the molecule is COCOc1cc(N2CCc3c(nc(OC[C@@H]4CCCN4C)nc3C3Cc4c(F)cncc4CC3C)C2)c2c(C#C[Si](C(C)C)(C(C)C)C(C)C)c(F)ccc2c1. The molecule has 2 aromatic heterocycles. The maximum atomic E-state index is 16.3. The molecular weight excluding hydrogens is 737 g/mol. The summed E-state index contributed by atoms with van der Waals surface area (Å²) in [6.07, 6.45) is 7.26. The predicted octanol–water partition coefficient (Wildman–Crippen LogP) is 9.41. The van der Waals surface area contributed by atoms with Gasteiger partial charge in [-0.2, -0.15) is 9.97 Å². The molecule has 3 atom stereocenters. The quantitative estimate of drug-likeness (QED) is 0.0846. The van der Waals surface area contributed by atoms with Crippen LogP contribution >= 0.6 is 0 Å². The summed E-state index contributed by atoms with van der Waals surface area (Å²) in [4.78, 5) is 19.0. The topological polar surface area (TPSA) is 72.8 Å². The van der Waals surface area contributed by atoms with Crippen molar-refractivity contribution in [2.75, 3.05) is 45.5 Å². The Morgan fingerprint density at radius 2 is 1.70 bits per heavy atom. The van der Waals surface area contributed by atoms with E-state index < -0.39 is 8.07 Å². The van der Waals surface area contributed by atoms with E-state index in [0.29, 0.717) is 72.5 Å². The summed E-state index contributed by atoms with van der Waals surface area (Å²) >= 11 is 0. The van der Waals surface area contributed by atoms with E-state index >= 15 is 8.78 Å². The van der Waals surface area contributed by atoms with Crippen LogP contribution in [0.15, 0.2) is 36.7 Å². The number of ether oxygens (including phenoxy) is 3. The van der Waals surface area contributed by atoms with Crippen molar-refractivity contribution >= 4 is 24.5 Å². The zero-order chi connectivity index (χ0) is 40.6. The Morgan fingerprint density at radius 3 is 2.40 bits per heavy atom. The van der Waals surface area contributed by atoms with Crippen molar-refractivity contribution in [2.24, 2.45) is 5.92 Å². The normalized spacial score (nSPS) is 19.9. The van der Waals surface area contributed by atoms with Gasteiger partial charge < -0.3 is 24.0 Å². The number of aromatic nitrogens is 3. The number of methoxy groups -OCH3 is 1. The summed E-state index contributed by atoms with van der Waals surface area (Å²) < 4.78 is 49.3. The van der Waals surface area contributed by atoms with Gasteiger partial charge in [0.2, 0.25) is 0 Å². The van der Waals surface area contributed by atoms with Crippen molar-refractivity contribution in [3.05, 3.63) is 81.9 Å². The lowest BCUT2D eigenvalue weighted by Crippen LogP contribution is -2.43. The lowest BCUT2D eigenvalue weighted by Gasteiger charge is -2.38. The van der Waals surface area contributed by atoms with Gasteiger partial charge in [-0.3, -0.25) is 4.98 Å². The number of likely N-dealkylation sites (N-methyl/N-ethyl adjacent to an activating group) is 1. The highest BCUT2D eigenvalue weighted by Crippen LogP contribution is 2.44. The number of benzene rings is 2. The molecule has 0 saturated carbocycles. The minimum absolute atomic E-state index is 0.0101. The number of nitrogens with zero attached hydrogens (tertiary/aromatic N) is 5. The average Bonchev–Trinajstić information content (AvgIpc) is 3.59. The summed E-state index contributed by atoms with van der Waals surface area (Å²) in [5, 5.41) is 1.62. The number of hydrogen-bond acceptors (Lipinski definition) is 8. The highest BCUT2D eigenvalue weighted by molar-refractivity contribution is 6.90. The zero-order valence-corrected chi connectivity index (χ0v) is 36.2. The number of rotatable bonds is 11. The summed E-state index contributed by atoms with van der Waals surface area (Å²) in [6, 6.07) is 7.93. The summed E-state index contributed by atoms with van der Waals surface area (Å²) in [5.74, 6) is 3.73. The van der Waals surface area contributed by atoms with E-state index in [4.69, 9.17) is 24.2 Å². The van der Waals surface area contributed by atoms with Crippen molar-refractivity contribution < 1.29 is 23.0 Å². The molecule has 0 spiro atoms. The first-order valence-corrected chi connectivity index (χ1v) is 23.1. The lowest BCUT2D eigenvalue weighted by molar-refractivity contribution is 0.0512. The van der Waals surface area contributed by atoms with Crippen molar-refractivity contribution in [1.82, 2.24) is 19.9 Å². The molecule has 0 amide bonds. The molecule has 0 N–H and O–H groups in total. The molecule has 57 heavy (non-hydrogen) atoms. The second-order valence-electron chi connectivity index (χ2n) is 17.5. The van der Waals surface area contributed by atoms with Crippen LogP contribution < -0.4 is 14.4 Å². The molecule has 3 aliphatic rings. The maximum absolute atomic E-state index is 16.3. The number of halogens is 2. The Kier molecular flexibility index (Phi) is 12.3. The second kappa shape index (κ2) is 17.0. The molecule has 4 aromatic rings. The van der Waals surface area contributed by atoms with E-state index in [9.17, 15) is 0 Å². The molecule has 11 heteroatoms. The minimum Gasteiger partial charge on any atom is -0.467 e. The first-order chi connectivity index (χ1) is 27.3. The first kappa shape index (κ1) is 41.1. The molecule has 2 aliphatic heterocycles. The molecule has 0 radical (unpaired) electrons. The number of hydrogen-bond donors (Lipinski definition) is 0. The van der Waals surface area contributed by atoms with Crippen molar-refractivity contribution in [1.29, 1.82) is 0 Å². The van der Waals surface area contributed by atoms with E-state index in [1.807, 2.05) is 18.2 Å². The molecule has 2 unspecified atom stereocenters. The van der Waals surface area contributed by atoms with Crippen LogP contribution in [0.5, 0.6) is 11.8 Å². The fourth-order valence-electron chi connectivity index (χ4n) is 10.1. The van der Waals surface area contributed by atoms with E-state index in [1.54, 1.807) is 13.3 Å². The van der Waals surface area contributed by atoms with Gasteiger partial charge in [0.25, 0.3) is 0 Å². The largest absolute Gasteiger partial charge is 0.467 e. The van der Waals surface area contributed by atoms with E-state index in [1.165, 1.54) is 12.3 Å². The van der Waals surface area contributed by atoms with Crippen molar-refractivity contribution in [3.63, 3.8) is 0 Å². The molecule has 4 heterocycles. The van der Waals surface area contributed by atoms with Crippen LogP contribution in [-0.2, 0) is 30.5 Å². The van der Waals surface area contributed by atoms with Gasteiger partial charge in [-0.15, -0.1) is 5.54 Å². The van der Waals surface area contributed by atoms with Crippen LogP contribution in [0.3, 0.4) is 0 Å². The molecular formula is C46H59F2N5O3Si. The van der Waals surface area contributed by atoms with Gasteiger partial charge in [-0.05, 0) is 102 Å². The van der Waals surface area contributed by atoms with Gasteiger partial charge in [0.15, 0.2) is 6.79 Å². The van der Waals surface area contributed by atoms with Crippen LogP contribution in [0, 0.1) is 29.0 Å². The van der Waals surface area contributed by atoms with Crippen LogP contribution in [0.4, 0.5) is 14.5 Å². The monoisotopic (exact) mass is 795 g/mol. The van der Waals surface area contributed by atoms with Crippen molar-refractivity contribution in [3.8, 4) is 23.2 Å². The molecule has 2 aromatic carbocycles. The molecule has 1 fully saturated rings. The molecule has 8 nitrogen and oxygen atoms in total. The van der Waals surface area contributed by atoms with Gasteiger partial charge in [0.1, 0.15) is 32.1 Å². The maximum Gasteiger partial charge on any atom is 0.316 e. The Hall–Kier alpha value is -4.11. The van der Waals surface area contributed by atoms with Crippen LogP contribution in [-0.4, -0.2) is 74.6 Å². The lowest BCUT2D eigenvalue weighted by atomic mass is 9.74. The Morgan fingerprint density at radius 1 is 0.930 bits per heavy atom. The van der Waals surface area contributed by atoms with Gasteiger partial charge in [-0.25, -0.2) is 8.78 Å². The van der Waals surface area contributed by atoms with Crippen molar-refractivity contribution in [2.45, 2.75) is 116 Å². The smallest absolute Gasteiger partial charge is 0.316 e. The van der Waals surface area contributed by atoms with E-state index in [2.05, 4.69) is 81.8 Å². The number of fused-ring (bicyclic) bond motifs is 3. The fourth-order valence-corrected chi connectivity index (χ4v) is 15.3. The van der Waals surface area contributed by atoms with Gasteiger partial charge >= 0.3 is 6.01 Å². The van der Waals surface area contributed by atoms with E-state index in [0.717, 1.165) is 70.3 Å². The summed E-state index contributed by atoms with van der Waals surface area (Å²) in [5.41, 5.74) is 10.9. The molecule has 7 rings (SSSR count). The van der Waals surface area contributed by atoms with Crippen LogP contribution in [0.1, 0.15) is 101 Å². The first-order valence-electron chi connectivity index (χ1n) is 20.8. The van der Waals surface area contributed by atoms with Gasteiger partial charge in [0, 0.05) is 43.3 Å². The molecule has 1 aliphatic carbocycles. The van der Waals surface area contributed by atoms with E-state index in [-0.39, 0.29) is 30.3 Å². The Bertz CT molecular complexity index is 2150. The van der Waals surface area contributed by atoms with Gasteiger partial charge in [-0.1, -0.05) is 60.5 Å². The second-order valence-corrected chi connectivity index (χ2v) is 23.1. The number of pyridine rings is 1. The average molecular weight is 796 g/mol. The zero-order valence-electron chi connectivity index (χ0n) is 35.2. The summed E-state index contributed by atoms with van der Waals surface area (Å²) in [6.45, 7) is 18.6. The fraction of sp³-hybridized carbons (Fsp3) is 0.543. The predicted molar refractivity (Wildman–Crippen MR) is 226 cm³/mol. The van der Waals surface area contributed by atoms with Crippen LogP contribution in [0.25, 0.3) is 10.8 Å². The molecule has 0 bridgehead atoms. The highest BCUT2D eigenvalue weighted by atomic mass is 28.3. The number of likely N-dealkylation sites (tertiary alicyclic amines) is 1. The third-order valence-corrected chi connectivity index (χ3v) is 19.5. The highest BCUT2D eigenvalue weighted by Gasteiger charge is 2.42. The Labute approximate surface area is 338 Å². The minimum atomic E-state index is -2.18. The van der Waals surface area contributed by atoms with Gasteiger partial charge in [0.05, 0.1) is 35.4 Å². The third kappa shape index (κ3) is 8.02. The Balaban J connectivity index is 1.34.